The molecule has 0 aliphatic heterocycles. The van der Waals surface area contributed by atoms with Crippen LogP contribution in [0.1, 0.15) is 13.8 Å². The average molecular weight is 273 g/mol. The van der Waals surface area contributed by atoms with Gasteiger partial charge in [0, 0.05) is 0 Å². The van der Waals surface area contributed by atoms with E-state index >= 15 is 0 Å². The van der Waals surface area contributed by atoms with E-state index in [-0.39, 0.29) is 24.0 Å². The average Bonchev–Trinajstić information content (AvgIpc) is 1.59. The van der Waals surface area contributed by atoms with E-state index in [1.807, 2.05) is 0 Å². The van der Waals surface area contributed by atoms with Crippen molar-refractivity contribution in [1.82, 2.24) is 0 Å². The third-order valence-electron chi connectivity index (χ3n) is 0.930. The van der Waals surface area contributed by atoms with Crippen molar-refractivity contribution in [2.75, 3.05) is 34.5 Å². The Kier molecular flexibility index (Phi) is 7.99. The van der Waals surface area contributed by atoms with Gasteiger partial charge in [0.05, 0.1) is 27.7 Å². The third kappa shape index (κ3) is 13.6. The van der Waals surface area contributed by atoms with Crippen molar-refractivity contribution in [3.8, 4) is 0 Å². The highest BCUT2D eigenvalue weighted by Crippen LogP contribution is 1.95. The Balaban J connectivity index is 0. The summed E-state index contributed by atoms with van der Waals surface area (Å²) in [4.78, 5) is 0. The van der Waals surface area contributed by atoms with Gasteiger partial charge in [-0.25, -0.2) is 0 Å². The van der Waals surface area contributed by atoms with Crippen LogP contribution >= 0.6 is 0 Å². The summed E-state index contributed by atoms with van der Waals surface area (Å²) in [5.41, 5.74) is 0. The lowest BCUT2D eigenvalue weighted by molar-refractivity contribution is -0.890. The molecule has 0 unspecified atom stereocenters. The van der Waals surface area contributed by atoms with Gasteiger partial charge in [0.15, 0.2) is 6.73 Å². The fourth-order valence-corrected chi connectivity index (χ4v) is 0.562. The van der Waals surface area contributed by atoms with Crippen LogP contribution < -0.4 is 24.0 Å². The molecule has 70 valence electrons. The van der Waals surface area contributed by atoms with Gasteiger partial charge in [-0.15, -0.1) is 0 Å². The van der Waals surface area contributed by atoms with E-state index in [1.165, 1.54) is 0 Å². The summed E-state index contributed by atoms with van der Waals surface area (Å²) in [7, 11) is 6.38. The minimum Gasteiger partial charge on any atom is -1.00 e. The molecule has 0 aromatic carbocycles. The number of halogens is 1. The van der Waals surface area contributed by atoms with Crippen molar-refractivity contribution in [3.05, 3.63) is 0 Å². The molecule has 0 atom stereocenters. The van der Waals surface area contributed by atoms with Gasteiger partial charge in [0.2, 0.25) is 0 Å². The first-order chi connectivity index (χ1) is 4.42. The van der Waals surface area contributed by atoms with Crippen LogP contribution in [-0.2, 0) is 4.74 Å². The highest BCUT2D eigenvalue weighted by Gasteiger charge is 2.05. The second-order valence-corrected chi connectivity index (χ2v) is 4.18. The van der Waals surface area contributed by atoms with E-state index in [1.54, 1.807) is 0 Å². The molecule has 0 aliphatic rings. The highest BCUT2D eigenvalue weighted by atomic mass is 127. The van der Waals surface area contributed by atoms with Crippen molar-refractivity contribution in [2.24, 2.45) is 5.92 Å². The lowest BCUT2D eigenvalue weighted by atomic mass is 10.2. The zero-order valence-electron chi connectivity index (χ0n) is 8.22. The largest absolute Gasteiger partial charge is 1.00 e. The summed E-state index contributed by atoms with van der Waals surface area (Å²) in [5.74, 6) is 0.645. The summed E-state index contributed by atoms with van der Waals surface area (Å²) < 4.78 is 6.31. The predicted molar refractivity (Wildman–Crippen MR) is 43.7 cm³/mol. The molecule has 0 aromatic heterocycles. The Bertz CT molecular complexity index is 88.6. The van der Waals surface area contributed by atoms with E-state index in [9.17, 15) is 0 Å². The van der Waals surface area contributed by atoms with Gasteiger partial charge in [-0.1, -0.05) is 13.8 Å². The molecule has 0 saturated heterocycles. The maximum Gasteiger partial charge on any atom is 0.182 e. The molecule has 0 heterocycles. The Morgan fingerprint density at radius 2 is 1.64 bits per heavy atom. The van der Waals surface area contributed by atoms with Gasteiger partial charge in [-0.2, -0.15) is 0 Å². The van der Waals surface area contributed by atoms with E-state index in [0.29, 0.717) is 5.92 Å². The summed E-state index contributed by atoms with van der Waals surface area (Å²) >= 11 is 0. The number of ether oxygens (including phenoxy) is 1. The number of hydrogen-bond donors (Lipinski definition) is 0. The second kappa shape index (κ2) is 6.20. The molecule has 0 amide bonds. The molecule has 0 rings (SSSR count). The summed E-state index contributed by atoms with van der Waals surface area (Å²) in [5, 5.41) is 0. The minimum atomic E-state index is 0. The molecule has 11 heavy (non-hydrogen) atoms. The molecule has 0 aliphatic carbocycles. The normalized spacial score (nSPS) is 11.5. The lowest BCUT2D eigenvalue weighted by Crippen LogP contribution is -3.00. The van der Waals surface area contributed by atoms with Crippen molar-refractivity contribution >= 4 is 0 Å². The quantitative estimate of drug-likeness (QED) is 0.338. The van der Waals surface area contributed by atoms with Crippen LogP contribution in [-0.4, -0.2) is 39.0 Å². The van der Waals surface area contributed by atoms with Crippen molar-refractivity contribution in [2.45, 2.75) is 13.8 Å². The Hall–Kier alpha value is 0.650. The molecule has 0 N–H and O–H groups in total. The SMILES string of the molecule is CC(C)COC[N+](C)(C)C.[I-]. The zero-order valence-corrected chi connectivity index (χ0v) is 10.4. The Morgan fingerprint density at radius 3 is 1.91 bits per heavy atom. The predicted octanol–water partition coefficient (Wildman–Crippen LogP) is -1.67. The summed E-state index contributed by atoms with van der Waals surface area (Å²) in [6.45, 7) is 6.00. The van der Waals surface area contributed by atoms with Crippen LogP contribution in [0.5, 0.6) is 0 Å². The molecule has 0 aromatic rings. The lowest BCUT2D eigenvalue weighted by Gasteiger charge is -2.23. The van der Waals surface area contributed by atoms with E-state index < -0.39 is 0 Å². The summed E-state index contributed by atoms with van der Waals surface area (Å²) in [6, 6.07) is 0. The monoisotopic (exact) mass is 273 g/mol. The first kappa shape index (κ1) is 14.2. The second-order valence-electron chi connectivity index (χ2n) is 4.18. The molecule has 0 spiro atoms. The van der Waals surface area contributed by atoms with Crippen molar-refractivity contribution < 1.29 is 33.2 Å². The van der Waals surface area contributed by atoms with E-state index in [4.69, 9.17) is 4.74 Å². The van der Waals surface area contributed by atoms with Gasteiger partial charge < -0.3 is 33.2 Å². The molecular weight excluding hydrogens is 253 g/mol. The Labute approximate surface area is 87.5 Å². The molecule has 0 saturated carbocycles. The minimum absolute atomic E-state index is 0. The Morgan fingerprint density at radius 1 is 1.18 bits per heavy atom. The van der Waals surface area contributed by atoms with Crippen LogP contribution in [0.2, 0.25) is 0 Å². The standard InChI is InChI=1S/C8H20NO.HI/c1-8(2)6-10-7-9(3,4)5;/h8H,6-7H2,1-5H3;1H/q+1;/p-1. The third-order valence-corrected chi connectivity index (χ3v) is 0.930. The van der Waals surface area contributed by atoms with Crippen LogP contribution in [0.15, 0.2) is 0 Å². The molecule has 0 radical (unpaired) electrons. The van der Waals surface area contributed by atoms with Crippen LogP contribution in [0.25, 0.3) is 0 Å². The zero-order chi connectivity index (χ0) is 8.20. The van der Waals surface area contributed by atoms with Gasteiger partial charge >= 0.3 is 0 Å². The van der Waals surface area contributed by atoms with Gasteiger partial charge in [0.1, 0.15) is 0 Å². The molecular formula is C8H20INO. The van der Waals surface area contributed by atoms with Crippen LogP contribution in [0.3, 0.4) is 0 Å². The number of nitrogens with zero attached hydrogens (tertiary/aromatic N) is 1. The van der Waals surface area contributed by atoms with Gasteiger partial charge in [-0.05, 0) is 5.92 Å². The fourth-order valence-electron chi connectivity index (χ4n) is 0.562. The van der Waals surface area contributed by atoms with Gasteiger partial charge in [-0.3, -0.25) is 0 Å². The number of hydrogen-bond acceptors (Lipinski definition) is 1. The number of rotatable bonds is 4. The van der Waals surface area contributed by atoms with Crippen LogP contribution in [0.4, 0.5) is 0 Å². The number of quaternary nitrogens is 1. The van der Waals surface area contributed by atoms with E-state index in [2.05, 4.69) is 35.0 Å². The van der Waals surface area contributed by atoms with E-state index in [0.717, 1.165) is 17.8 Å². The molecule has 3 heteroatoms. The fraction of sp³-hybridized carbons (Fsp3) is 1.00. The maximum absolute atomic E-state index is 5.43. The van der Waals surface area contributed by atoms with Crippen LogP contribution in [0, 0.1) is 5.92 Å². The first-order valence-corrected chi connectivity index (χ1v) is 3.80. The highest BCUT2D eigenvalue weighted by molar-refractivity contribution is 4.36. The van der Waals surface area contributed by atoms with Gasteiger partial charge in [0.25, 0.3) is 0 Å². The molecule has 0 bridgehead atoms. The summed E-state index contributed by atoms with van der Waals surface area (Å²) in [6.07, 6.45) is 0. The molecule has 2 nitrogen and oxygen atoms in total. The maximum atomic E-state index is 5.43. The smallest absolute Gasteiger partial charge is 0.182 e. The first-order valence-electron chi connectivity index (χ1n) is 3.80. The van der Waals surface area contributed by atoms with Crippen molar-refractivity contribution in [1.29, 1.82) is 0 Å². The molecule has 0 fully saturated rings. The topological polar surface area (TPSA) is 9.23 Å². The van der Waals surface area contributed by atoms with Crippen molar-refractivity contribution in [3.63, 3.8) is 0 Å².